The molecule has 1 heterocycles. The van der Waals surface area contributed by atoms with Crippen molar-refractivity contribution in [3.8, 4) is 0 Å². The molecule has 0 unspecified atom stereocenters. The molecule has 0 aromatic heterocycles. The van der Waals surface area contributed by atoms with Crippen LogP contribution < -0.4 is 10.9 Å². The number of carbonyl (C=O) groups excluding carboxylic acids is 1. The topological polar surface area (TPSA) is 41.1 Å². The third-order valence-corrected chi connectivity index (χ3v) is 2.57. The summed E-state index contributed by atoms with van der Waals surface area (Å²) in [6.07, 6.45) is 3.55. The van der Waals surface area contributed by atoms with Gasteiger partial charge in [-0.05, 0) is 18.8 Å². The van der Waals surface area contributed by atoms with Gasteiger partial charge in [-0.25, -0.2) is 5.43 Å². The maximum atomic E-state index is 11.1. The average Bonchev–Trinajstić information content (AvgIpc) is 2.36. The summed E-state index contributed by atoms with van der Waals surface area (Å²) in [7, 11) is 0. The van der Waals surface area contributed by atoms with Crippen LogP contribution in [0.4, 0.5) is 0 Å². The van der Waals surface area contributed by atoms with E-state index >= 15 is 0 Å². The van der Waals surface area contributed by atoms with Crippen molar-refractivity contribution in [2.24, 2.45) is 11.8 Å². The Hall–Kier alpha value is -0.570. The number of carbonyl (C=O) groups is 1. The van der Waals surface area contributed by atoms with Crippen molar-refractivity contribution >= 4 is 5.91 Å². The molecule has 0 bridgehead atoms. The van der Waals surface area contributed by atoms with Crippen molar-refractivity contribution in [2.45, 2.75) is 19.3 Å². The molecule has 0 aromatic carbocycles. The van der Waals surface area contributed by atoms with E-state index in [-0.39, 0.29) is 5.91 Å². The Kier molecular flexibility index (Phi) is 1.38. The number of amides is 1. The first kappa shape index (κ1) is 6.16. The van der Waals surface area contributed by atoms with Gasteiger partial charge in [-0.3, -0.25) is 10.2 Å². The van der Waals surface area contributed by atoms with Crippen LogP contribution in [0.3, 0.4) is 0 Å². The van der Waals surface area contributed by atoms with Gasteiger partial charge in [0.25, 0.3) is 0 Å². The number of fused-ring (bicyclic) bond motifs is 1. The molecular weight excluding hydrogens is 128 g/mol. The van der Waals surface area contributed by atoms with E-state index in [0.717, 1.165) is 13.0 Å². The Labute approximate surface area is 60.1 Å². The molecular formula is C7H12N2O. The highest BCUT2D eigenvalue weighted by atomic mass is 16.2. The van der Waals surface area contributed by atoms with Gasteiger partial charge < -0.3 is 0 Å². The average molecular weight is 140 g/mol. The third-order valence-electron chi connectivity index (χ3n) is 2.57. The minimum Gasteiger partial charge on any atom is -0.291 e. The van der Waals surface area contributed by atoms with Crippen LogP contribution in [0.15, 0.2) is 0 Å². The molecule has 0 aromatic rings. The largest absolute Gasteiger partial charge is 0.291 e. The predicted molar refractivity (Wildman–Crippen MR) is 37.0 cm³/mol. The van der Waals surface area contributed by atoms with Gasteiger partial charge in [-0.15, -0.1) is 0 Å². The quantitative estimate of drug-likeness (QED) is 0.498. The lowest BCUT2D eigenvalue weighted by molar-refractivity contribution is -0.129. The fourth-order valence-corrected chi connectivity index (χ4v) is 1.99. The van der Waals surface area contributed by atoms with Crippen molar-refractivity contribution < 1.29 is 4.79 Å². The summed E-state index contributed by atoms with van der Waals surface area (Å²) < 4.78 is 0. The van der Waals surface area contributed by atoms with E-state index in [2.05, 4.69) is 10.9 Å². The van der Waals surface area contributed by atoms with Gasteiger partial charge in [0.1, 0.15) is 0 Å². The molecule has 1 saturated carbocycles. The molecule has 2 aliphatic rings. The van der Waals surface area contributed by atoms with Crippen LogP contribution in [0.5, 0.6) is 0 Å². The zero-order valence-electron chi connectivity index (χ0n) is 5.89. The van der Waals surface area contributed by atoms with Crippen LogP contribution in [0, 0.1) is 11.8 Å². The van der Waals surface area contributed by atoms with Crippen molar-refractivity contribution in [1.29, 1.82) is 0 Å². The van der Waals surface area contributed by atoms with Crippen LogP contribution in [-0.2, 0) is 4.79 Å². The highest BCUT2D eigenvalue weighted by Crippen LogP contribution is 2.32. The molecule has 1 amide bonds. The van der Waals surface area contributed by atoms with E-state index < -0.39 is 0 Å². The Bertz CT molecular complexity index is 158. The molecule has 2 N–H and O–H groups in total. The lowest BCUT2D eigenvalue weighted by atomic mass is 9.94. The van der Waals surface area contributed by atoms with Gasteiger partial charge in [0.2, 0.25) is 5.91 Å². The molecule has 1 aliphatic heterocycles. The van der Waals surface area contributed by atoms with E-state index in [4.69, 9.17) is 0 Å². The summed E-state index contributed by atoms with van der Waals surface area (Å²) in [6, 6.07) is 0. The molecule has 0 radical (unpaired) electrons. The van der Waals surface area contributed by atoms with E-state index in [0.29, 0.717) is 11.8 Å². The van der Waals surface area contributed by atoms with Crippen molar-refractivity contribution in [3.63, 3.8) is 0 Å². The first-order valence-corrected chi connectivity index (χ1v) is 3.90. The minimum absolute atomic E-state index is 0.203. The van der Waals surface area contributed by atoms with Gasteiger partial charge in [0.05, 0.1) is 0 Å². The first-order valence-electron chi connectivity index (χ1n) is 3.90. The number of hydrogen-bond donors (Lipinski definition) is 2. The summed E-state index contributed by atoms with van der Waals surface area (Å²) in [4.78, 5) is 11.1. The maximum Gasteiger partial charge on any atom is 0.237 e. The normalized spacial score (nSPS) is 39.0. The molecule has 2 fully saturated rings. The third kappa shape index (κ3) is 0.814. The van der Waals surface area contributed by atoms with Gasteiger partial charge in [-0.2, -0.15) is 0 Å². The minimum atomic E-state index is 0.203. The van der Waals surface area contributed by atoms with Crippen molar-refractivity contribution in [2.75, 3.05) is 6.54 Å². The molecule has 3 nitrogen and oxygen atoms in total. The fourth-order valence-electron chi connectivity index (χ4n) is 1.99. The molecule has 0 spiro atoms. The van der Waals surface area contributed by atoms with Gasteiger partial charge in [0, 0.05) is 12.5 Å². The lowest BCUT2D eigenvalue weighted by Gasteiger charge is -2.25. The first-order chi connectivity index (χ1) is 4.88. The number of hydrazine groups is 1. The molecule has 2 atom stereocenters. The van der Waals surface area contributed by atoms with Crippen molar-refractivity contribution in [3.05, 3.63) is 0 Å². The van der Waals surface area contributed by atoms with E-state index in [1.807, 2.05) is 0 Å². The molecule has 1 aliphatic carbocycles. The zero-order valence-corrected chi connectivity index (χ0v) is 5.89. The molecule has 2 rings (SSSR count). The van der Waals surface area contributed by atoms with Crippen LogP contribution >= 0.6 is 0 Å². The highest BCUT2D eigenvalue weighted by molar-refractivity contribution is 5.79. The van der Waals surface area contributed by atoms with E-state index in [1.165, 1.54) is 12.8 Å². The van der Waals surface area contributed by atoms with Gasteiger partial charge in [0.15, 0.2) is 0 Å². The SMILES string of the molecule is O=C1NNC[C@@H]2CCC[C@H]12. The molecule has 3 heteroatoms. The fraction of sp³-hybridized carbons (Fsp3) is 0.857. The molecule has 1 saturated heterocycles. The summed E-state index contributed by atoms with van der Waals surface area (Å²) in [5, 5.41) is 0. The zero-order chi connectivity index (χ0) is 6.97. The Morgan fingerprint density at radius 3 is 3.10 bits per heavy atom. The Morgan fingerprint density at radius 1 is 1.40 bits per heavy atom. The highest BCUT2D eigenvalue weighted by Gasteiger charge is 2.35. The second-order valence-electron chi connectivity index (χ2n) is 3.17. The summed E-state index contributed by atoms with van der Waals surface area (Å²) in [6.45, 7) is 0.969. The number of rotatable bonds is 0. The van der Waals surface area contributed by atoms with Crippen molar-refractivity contribution in [1.82, 2.24) is 10.9 Å². The second kappa shape index (κ2) is 2.23. The molecule has 10 heavy (non-hydrogen) atoms. The standard InChI is InChI=1S/C7H12N2O/c10-7-6-3-1-2-5(6)4-8-9-7/h5-6,8H,1-4H2,(H,9,10)/t5-,6-/m0/s1. The van der Waals surface area contributed by atoms with E-state index in [9.17, 15) is 4.79 Å². The lowest BCUT2D eigenvalue weighted by Crippen LogP contribution is -2.50. The van der Waals surface area contributed by atoms with Crippen LogP contribution in [0.2, 0.25) is 0 Å². The van der Waals surface area contributed by atoms with Gasteiger partial charge in [-0.1, -0.05) is 6.42 Å². The van der Waals surface area contributed by atoms with E-state index in [1.54, 1.807) is 0 Å². The van der Waals surface area contributed by atoms with Gasteiger partial charge >= 0.3 is 0 Å². The van der Waals surface area contributed by atoms with Crippen LogP contribution in [-0.4, -0.2) is 12.5 Å². The maximum absolute atomic E-state index is 11.1. The number of nitrogens with one attached hydrogen (secondary N) is 2. The predicted octanol–water partition coefficient (Wildman–Crippen LogP) is 0.0371. The summed E-state index contributed by atoms with van der Waals surface area (Å²) in [5.74, 6) is 1.14. The van der Waals surface area contributed by atoms with Crippen LogP contribution in [0.1, 0.15) is 19.3 Å². The summed E-state index contributed by atoms with van der Waals surface area (Å²) >= 11 is 0. The van der Waals surface area contributed by atoms with Crippen LogP contribution in [0.25, 0.3) is 0 Å². The summed E-state index contributed by atoms with van der Waals surface area (Å²) in [5.41, 5.74) is 5.57. The Morgan fingerprint density at radius 2 is 2.30 bits per heavy atom. The monoisotopic (exact) mass is 140 g/mol. The number of hydrogen-bond acceptors (Lipinski definition) is 2. The Balaban J connectivity index is 2.10. The molecule has 56 valence electrons. The smallest absolute Gasteiger partial charge is 0.237 e. The second-order valence-corrected chi connectivity index (χ2v) is 3.17.